The van der Waals surface area contributed by atoms with Crippen molar-refractivity contribution < 1.29 is 4.79 Å². The maximum Gasteiger partial charge on any atom is 0.133 e. The van der Waals surface area contributed by atoms with E-state index in [9.17, 15) is 4.79 Å². The number of carbonyl (C=O) groups excluding carboxylic acids is 1. The molecule has 28 heavy (non-hydrogen) atoms. The van der Waals surface area contributed by atoms with E-state index >= 15 is 0 Å². The Hall–Kier alpha value is -0.590. The minimum Gasteiger partial charge on any atom is -0.300 e. The molecular weight excluding hydrogens is 340 g/mol. The molecule has 1 unspecified atom stereocenters. The summed E-state index contributed by atoms with van der Waals surface area (Å²) < 4.78 is 0. The summed E-state index contributed by atoms with van der Waals surface area (Å²) in [5.74, 6) is 4.62. The largest absolute Gasteiger partial charge is 0.300 e. The Morgan fingerprint density at radius 1 is 0.964 bits per heavy atom. The van der Waals surface area contributed by atoms with E-state index in [1.54, 1.807) is 0 Å². The molecule has 0 radical (unpaired) electrons. The summed E-state index contributed by atoms with van der Waals surface area (Å²) in [5.41, 5.74) is 4.69. The van der Waals surface area contributed by atoms with E-state index in [0.717, 1.165) is 42.9 Å². The van der Waals surface area contributed by atoms with Gasteiger partial charge in [0.2, 0.25) is 0 Å². The molecule has 6 atom stereocenters. The van der Waals surface area contributed by atoms with Gasteiger partial charge >= 0.3 is 0 Å². The van der Waals surface area contributed by atoms with Crippen molar-refractivity contribution in [2.45, 2.75) is 112 Å². The van der Waals surface area contributed by atoms with Gasteiger partial charge in [-0.1, -0.05) is 65.0 Å². The molecule has 158 valence electrons. The van der Waals surface area contributed by atoms with Crippen molar-refractivity contribution >= 4 is 5.78 Å². The third-order valence-corrected chi connectivity index (χ3v) is 10.0. The summed E-state index contributed by atoms with van der Waals surface area (Å²) >= 11 is 0. The van der Waals surface area contributed by atoms with Crippen LogP contribution in [0.2, 0.25) is 0 Å². The first-order chi connectivity index (χ1) is 13.3. The van der Waals surface area contributed by atoms with Gasteiger partial charge in [-0.2, -0.15) is 0 Å². The second-order valence-electron chi connectivity index (χ2n) is 11.9. The maximum absolute atomic E-state index is 12.1. The molecule has 0 heterocycles. The predicted molar refractivity (Wildman–Crippen MR) is 118 cm³/mol. The maximum atomic E-state index is 12.1. The molecule has 0 aromatic heterocycles. The van der Waals surface area contributed by atoms with Crippen LogP contribution in [0.15, 0.2) is 11.1 Å². The van der Waals surface area contributed by atoms with Crippen LogP contribution >= 0.6 is 0 Å². The highest BCUT2D eigenvalue weighted by atomic mass is 16.1. The average Bonchev–Trinajstić information content (AvgIpc) is 2.99. The fraction of sp³-hybridized carbons (Fsp3) is 0.889. The van der Waals surface area contributed by atoms with E-state index in [4.69, 9.17) is 0 Å². The van der Waals surface area contributed by atoms with Gasteiger partial charge in [0.1, 0.15) is 5.78 Å². The van der Waals surface area contributed by atoms with Crippen LogP contribution in [0.5, 0.6) is 0 Å². The van der Waals surface area contributed by atoms with Crippen LogP contribution in [0.25, 0.3) is 0 Å². The first-order valence-electron chi connectivity index (χ1n) is 12.5. The molecule has 4 aliphatic carbocycles. The molecule has 0 bridgehead atoms. The normalized spacial score (nSPS) is 41.6. The van der Waals surface area contributed by atoms with Gasteiger partial charge in [0.05, 0.1) is 0 Å². The fourth-order valence-corrected chi connectivity index (χ4v) is 8.28. The fourth-order valence-electron chi connectivity index (χ4n) is 8.28. The second kappa shape index (κ2) is 7.59. The van der Waals surface area contributed by atoms with Gasteiger partial charge in [0.15, 0.2) is 0 Å². The first kappa shape index (κ1) is 20.7. The monoisotopic (exact) mass is 384 g/mol. The van der Waals surface area contributed by atoms with E-state index in [0.29, 0.717) is 22.5 Å². The number of fused-ring (bicyclic) bond motifs is 4. The van der Waals surface area contributed by atoms with Crippen molar-refractivity contribution in [1.82, 2.24) is 0 Å². The number of ketones is 1. The van der Waals surface area contributed by atoms with Crippen LogP contribution in [0.1, 0.15) is 112 Å². The lowest BCUT2D eigenvalue weighted by molar-refractivity contribution is -0.127. The van der Waals surface area contributed by atoms with Gasteiger partial charge in [-0.25, -0.2) is 0 Å². The lowest BCUT2D eigenvalue weighted by Crippen LogP contribution is -2.47. The van der Waals surface area contributed by atoms with Gasteiger partial charge in [-0.3, -0.25) is 4.79 Å². The van der Waals surface area contributed by atoms with Crippen molar-refractivity contribution in [3.8, 4) is 0 Å². The Balaban J connectivity index is 1.54. The smallest absolute Gasteiger partial charge is 0.133 e. The lowest BCUT2D eigenvalue weighted by Gasteiger charge is -2.56. The molecule has 0 aliphatic heterocycles. The lowest BCUT2D eigenvalue weighted by atomic mass is 9.49. The van der Waals surface area contributed by atoms with Crippen molar-refractivity contribution in [3.05, 3.63) is 11.1 Å². The summed E-state index contributed by atoms with van der Waals surface area (Å²) in [6.45, 7) is 12.5. The molecular formula is C27H44O. The standard InChI is InChI=1S/C27H44O/c1-18(2)7-6-8-19(3)23-11-12-24-22-10-9-20-17-21(28)13-15-26(20,4)25(22)14-16-27(23,24)5/h18-20,23,25H,6-17H2,1-5H3/t19-,20?,23-,25+,26+,27-/m1/s1. The average molecular weight is 385 g/mol. The molecule has 0 N–H and O–H groups in total. The Morgan fingerprint density at radius 3 is 2.50 bits per heavy atom. The van der Waals surface area contributed by atoms with E-state index < -0.39 is 0 Å². The van der Waals surface area contributed by atoms with Gasteiger partial charge in [-0.15, -0.1) is 0 Å². The summed E-state index contributed by atoms with van der Waals surface area (Å²) in [7, 11) is 0. The highest BCUT2D eigenvalue weighted by Gasteiger charge is 2.55. The van der Waals surface area contributed by atoms with Crippen molar-refractivity contribution in [2.24, 2.45) is 40.4 Å². The Kier molecular flexibility index (Phi) is 5.60. The molecule has 1 nitrogen and oxygen atoms in total. The minimum atomic E-state index is 0.413. The van der Waals surface area contributed by atoms with Crippen LogP contribution in [-0.4, -0.2) is 5.78 Å². The van der Waals surface area contributed by atoms with Crippen LogP contribution < -0.4 is 0 Å². The molecule has 1 heteroatoms. The van der Waals surface area contributed by atoms with E-state index in [1.165, 1.54) is 57.8 Å². The zero-order valence-corrected chi connectivity index (χ0v) is 19.3. The van der Waals surface area contributed by atoms with Gasteiger partial charge < -0.3 is 0 Å². The molecule has 0 amide bonds. The highest BCUT2D eigenvalue weighted by Crippen LogP contribution is 2.65. The summed E-state index contributed by atoms with van der Waals surface area (Å²) in [6, 6.07) is 0. The number of hydrogen-bond donors (Lipinski definition) is 0. The molecule has 0 saturated heterocycles. The third kappa shape index (κ3) is 3.33. The van der Waals surface area contributed by atoms with E-state index in [1.807, 2.05) is 11.1 Å². The molecule has 4 rings (SSSR count). The van der Waals surface area contributed by atoms with Crippen molar-refractivity contribution in [3.63, 3.8) is 0 Å². The second-order valence-corrected chi connectivity index (χ2v) is 11.9. The number of hydrogen-bond acceptors (Lipinski definition) is 1. The number of Topliss-reactive ketones (excluding diaryl/α,β-unsaturated/α-hetero) is 1. The molecule has 0 aromatic carbocycles. The molecule has 0 aromatic rings. The Bertz CT molecular complexity index is 643. The Morgan fingerprint density at radius 2 is 1.75 bits per heavy atom. The molecule has 0 spiro atoms. The topological polar surface area (TPSA) is 17.1 Å². The van der Waals surface area contributed by atoms with Crippen LogP contribution in [0.4, 0.5) is 0 Å². The van der Waals surface area contributed by atoms with E-state index in [-0.39, 0.29) is 0 Å². The first-order valence-corrected chi connectivity index (χ1v) is 12.5. The Labute approximate surface area is 174 Å². The predicted octanol–water partition coefficient (Wildman–Crippen LogP) is 7.74. The molecule has 3 saturated carbocycles. The summed E-state index contributed by atoms with van der Waals surface area (Å²) in [6.07, 6.45) is 15.3. The van der Waals surface area contributed by atoms with Crippen molar-refractivity contribution in [2.75, 3.05) is 0 Å². The SMILES string of the molecule is CC(C)CCC[C@@H](C)[C@H]1CCC2=C3CCC4CC(=O)CC[C@]4(C)[C@H]3CC[C@@]21C. The van der Waals surface area contributed by atoms with Gasteiger partial charge in [0, 0.05) is 12.8 Å². The quantitative estimate of drug-likeness (QED) is 0.443. The number of allylic oxidation sites excluding steroid dienone is 2. The van der Waals surface area contributed by atoms with Gasteiger partial charge in [-0.05, 0) is 85.4 Å². The van der Waals surface area contributed by atoms with Crippen LogP contribution in [0, 0.1) is 40.4 Å². The zero-order valence-electron chi connectivity index (χ0n) is 19.3. The summed E-state index contributed by atoms with van der Waals surface area (Å²) in [4.78, 5) is 12.1. The van der Waals surface area contributed by atoms with Gasteiger partial charge in [0.25, 0.3) is 0 Å². The van der Waals surface area contributed by atoms with Crippen molar-refractivity contribution in [1.29, 1.82) is 0 Å². The third-order valence-electron chi connectivity index (χ3n) is 10.0. The van der Waals surface area contributed by atoms with Crippen LogP contribution in [0.3, 0.4) is 0 Å². The molecule has 4 aliphatic rings. The van der Waals surface area contributed by atoms with Crippen LogP contribution in [-0.2, 0) is 4.79 Å². The number of rotatable bonds is 5. The summed E-state index contributed by atoms with van der Waals surface area (Å²) in [5, 5.41) is 0. The minimum absolute atomic E-state index is 0.413. The molecule has 3 fully saturated rings. The number of carbonyl (C=O) groups is 1. The highest BCUT2D eigenvalue weighted by molar-refractivity contribution is 5.79. The van der Waals surface area contributed by atoms with E-state index in [2.05, 4.69) is 34.6 Å². The zero-order chi connectivity index (χ0) is 20.1.